The highest BCUT2D eigenvalue weighted by molar-refractivity contribution is 8.01. The Hall–Kier alpha value is -2.69. The Kier molecular flexibility index (Phi) is 7.24. The highest BCUT2D eigenvalue weighted by atomic mass is 32.2. The molecule has 1 N–H and O–H groups in total. The molecule has 0 radical (unpaired) electrons. The van der Waals surface area contributed by atoms with E-state index >= 15 is 0 Å². The number of hydrogen-bond acceptors (Lipinski definition) is 7. The zero-order chi connectivity index (χ0) is 21.6. The third-order valence-corrected chi connectivity index (χ3v) is 7.67. The van der Waals surface area contributed by atoms with Crippen LogP contribution < -0.4 is 9.62 Å². The number of carbonyl (C=O) groups excluding carboxylic acids is 1. The van der Waals surface area contributed by atoms with Crippen LogP contribution in [0.1, 0.15) is 5.56 Å². The molecule has 10 heteroatoms. The van der Waals surface area contributed by atoms with Gasteiger partial charge >= 0.3 is 0 Å². The number of aromatic nitrogens is 2. The van der Waals surface area contributed by atoms with Gasteiger partial charge in [-0.1, -0.05) is 65.1 Å². The van der Waals surface area contributed by atoms with E-state index in [4.69, 9.17) is 0 Å². The largest absolute Gasteiger partial charge is 0.299 e. The van der Waals surface area contributed by atoms with Gasteiger partial charge in [-0.15, -0.1) is 16.8 Å². The molecule has 30 heavy (non-hydrogen) atoms. The lowest BCUT2D eigenvalue weighted by Crippen LogP contribution is -2.38. The Morgan fingerprint density at radius 1 is 1.17 bits per heavy atom. The second-order valence-electron chi connectivity index (χ2n) is 6.18. The van der Waals surface area contributed by atoms with Gasteiger partial charge in [0.15, 0.2) is 4.34 Å². The number of amides is 1. The summed E-state index contributed by atoms with van der Waals surface area (Å²) in [6, 6.07) is 15.0. The average Bonchev–Trinajstić information content (AvgIpc) is 3.19. The Balaban J connectivity index is 1.84. The number of nitrogens with one attached hydrogen (secondary N) is 1. The lowest BCUT2D eigenvalue weighted by molar-refractivity contribution is -0.114. The summed E-state index contributed by atoms with van der Waals surface area (Å²) in [5.74, 6) is 0.172. The molecule has 3 rings (SSSR count). The Morgan fingerprint density at radius 2 is 1.87 bits per heavy atom. The van der Waals surface area contributed by atoms with E-state index in [-0.39, 0.29) is 4.90 Å². The molecule has 1 aromatic heterocycles. The second-order valence-corrected chi connectivity index (χ2v) is 10.3. The molecule has 0 unspecified atom stereocenters. The summed E-state index contributed by atoms with van der Waals surface area (Å²) in [7, 11) is -3.94. The smallest absolute Gasteiger partial charge is 0.264 e. The van der Waals surface area contributed by atoms with Crippen molar-refractivity contribution in [2.45, 2.75) is 16.2 Å². The molecular formula is C20H20N4O3S3. The van der Waals surface area contributed by atoms with Crippen molar-refractivity contribution >= 4 is 49.8 Å². The van der Waals surface area contributed by atoms with Crippen LogP contribution >= 0.6 is 23.1 Å². The first-order valence-corrected chi connectivity index (χ1v) is 12.2. The quantitative estimate of drug-likeness (QED) is 0.295. The van der Waals surface area contributed by atoms with Crippen LogP contribution in [0.4, 0.5) is 10.8 Å². The van der Waals surface area contributed by atoms with Crippen LogP contribution in [-0.4, -0.2) is 36.8 Å². The van der Waals surface area contributed by atoms with Gasteiger partial charge in [0.05, 0.1) is 10.6 Å². The van der Waals surface area contributed by atoms with E-state index in [1.807, 2.05) is 6.92 Å². The van der Waals surface area contributed by atoms with Gasteiger partial charge in [0, 0.05) is 5.75 Å². The molecule has 1 heterocycles. The van der Waals surface area contributed by atoms with E-state index in [2.05, 4.69) is 22.1 Å². The summed E-state index contributed by atoms with van der Waals surface area (Å²) < 4.78 is 28.3. The van der Waals surface area contributed by atoms with E-state index in [1.165, 1.54) is 35.2 Å². The summed E-state index contributed by atoms with van der Waals surface area (Å²) >= 11 is 2.67. The number of nitrogens with zero attached hydrogens (tertiary/aromatic N) is 3. The summed E-state index contributed by atoms with van der Waals surface area (Å²) in [4.78, 5) is 12.8. The predicted octanol–water partition coefficient (Wildman–Crippen LogP) is 3.96. The number of carbonyl (C=O) groups is 1. The molecule has 0 aliphatic heterocycles. The van der Waals surface area contributed by atoms with Gasteiger partial charge < -0.3 is 0 Å². The van der Waals surface area contributed by atoms with Crippen LogP contribution in [0, 0.1) is 6.92 Å². The molecule has 156 valence electrons. The number of rotatable bonds is 9. The molecule has 7 nitrogen and oxygen atoms in total. The molecule has 2 aromatic carbocycles. The van der Waals surface area contributed by atoms with Crippen LogP contribution in [0.5, 0.6) is 0 Å². The van der Waals surface area contributed by atoms with E-state index < -0.39 is 22.5 Å². The van der Waals surface area contributed by atoms with Crippen molar-refractivity contribution in [3.05, 3.63) is 72.8 Å². The number of sulfonamides is 1. The van der Waals surface area contributed by atoms with Gasteiger partial charge in [-0.2, -0.15) is 0 Å². The maximum atomic E-state index is 13.2. The van der Waals surface area contributed by atoms with Crippen LogP contribution in [-0.2, 0) is 14.8 Å². The van der Waals surface area contributed by atoms with Gasteiger partial charge in [-0.3, -0.25) is 14.4 Å². The van der Waals surface area contributed by atoms with Crippen molar-refractivity contribution in [1.29, 1.82) is 0 Å². The van der Waals surface area contributed by atoms with Gasteiger partial charge in [-0.05, 0) is 31.2 Å². The zero-order valence-corrected chi connectivity index (χ0v) is 18.6. The van der Waals surface area contributed by atoms with Crippen LogP contribution in [0.25, 0.3) is 0 Å². The molecule has 0 bridgehead atoms. The minimum absolute atomic E-state index is 0.109. The normalized spacial score (nSPS) is 11.1. The average molecular weight is 461 g/mol. The second kappa shape index (κ2) is 9.88. The number of benzene rings is 2. The van der Waals surface area contributed by atoms with Gasteiger partial charge in [0.1, 0.15) is 6.54 Å². The van der Waals surface area contributed by atoms with E-state index in [0.29, 0.717) is 20.9 Å². The Labute approximate surface area is 183 Å². The Bertz CT molecular complexity index is 1110. The van der Waals surface area contributed by atoms with E-state index in [9.17, 15) is 13.2 Å². The Morgan fingerprint density at radius 3 is 2.53 bits per heavy atom. The standard InChI is InChI=1S/C20H20N4O3S3/c1-3-13-28-20-23-22-19(29-20)21-18(25)14-24(16-11-9-15(2)10-12-16)30(26,27)17-7-5-4-6-8-17/h3-12H,1,13-14H2,2H3,(H,21,22,25). The predicted molar refractivity (Wildman–Crippen MR) is 122 cm³/mol. The molecule has 3 aromatic rings. The molecule has 0 saturated heterocycles. The molecule has 0 atom stereocenters. The maximum absolute atomic E-state index is 13.2. The van der Waals surface area contributed by atoms with Gasteiger partial charge in [-0.25, -0.2) is 8.42 Å². The summed E-state index contributed by atoms with van der Waals surface area (Å²) in [6.45, 7) is 5.16. The number of aryl methyl sites for hydroxylation is 1. The van der Waals surface area contributed by atoms with Crippen molar-refractivity contribution in [2.24, 2.45) is 0 Å². The van der Waals surface area contributed by atoms with Crippen LogP contribution in [0.15, 0.2) is 76.5 Å². The van der Waals surface area contributed by atoms with Crippen LogP contribution in [0.2, 0.25) is 0 Å². The molecule has 0 aliphatic carbocycles. The summed E-state index contributed by atoms with van der Waals surface area (Å²) in [5, 5.41) is 10.9. The fourth-order valence-electron chi connectivity index (χ4n) is 2.48. The molecule has 0 fully saturated rings. The molecule has 1 amide bonds. The number of anilines is 2. The lowest BCUT2D eigenvalue weighted by atomic mass is 10.2. The first kappa shape index (κ1) is 22.0. The van der Waals surface area contributed by atoms with E-state index in [0.717, 1.165) is 9.87 Å². The molecule has 0 aliphatic rings. The lowest BCUT2D eigenvalue weighted by Gasteiger charge is -2.24. The third-order valence-electron chi connectivity index (χ3n) is 3.92. The SMILES string of the molecule is C=CCSc1nnc(NC(=O)CN(c2ccc(C)cc2)S(=O)(=O)c2ccccc2)s1. The molecule has 0 spiro atoms. The minimum Gasteiger partial charge on any atom is -0.299 e. The minimum atomic E-state index is -3.94. The number of thioether (sulfide) groups is 1. The monoisotopic (exact) mass is 460 g/mol. The van der Waals surface area contributed by atoms with Crippen molar-refractivity contribution in [3.8, 4) is 0 Å². The highest BCUT2D eigenvalue weighted by Crippen LogP contribution is 2.27. The first-order valence-electron chi connectivity index (χ1n) is 8.91. The van der Waals surface area contributed by atoms with Gasteiger partial charge in [0.25, 0.3) is 10.0 Å². The summed E-state index contributed by atoms with van der Waals surface area (Å²) in [6.07, 6.45) is 1.75. The topological polar surface area (TPSA) is 92.3 Å². The van der Waals surface area contributed by atoms with Crippen molar-refractivity contribution in [3.63, 3.8) is 0 Å². The fraction of sp³-hybridized carbons (Fsp3) is 0.150. The van der Waals surface area contributed by atoms with Crippen LogP contribution in [0.3, 0.4) is 0 Å². The number of hydrogen-bond donors (Lipinski definition) is 1. The van der Waals surface area contributed by atoms with Crippen molar-refractivity contribution in [2.75, 3.05) is 21.9 Å². The maximum Gasteiger partial charge on any atom is 0.264 e. The van der Waals surface area contributed by atoms with Crippen molar-refractivity contribution < 1.29 is 13.2 Å². The molecule has 0 saturated carbocycles. The van der Waals surface area contributed by atoms with E-state index in [1.54, 1.807) is 48.5 Å². The highest BCUT2D eigenvalue weighted by Gasteiger charge is 2.27. The summed E-state index contributed by atoms with van der Waals surface area (Å²) in [5.41, 5.74) is 1.39. The van der Waals surface area contributed by atoms with Gasteiger partial charge in [0.2, 0.25) is 11.0 Å². The fourth-order valence-corrected chi connectivity index (χ4v) is 5.46. The zero-order valence-electron chi connectivity index (χ0n) is 16.2. The van der Waals surface area contributed by atoms with Crippen molar-refractivity contribution in [1.82, 2.24) is 10.2 Å². The first-order chi connectivity index (χ1) is 14.4. The molecular weight excluding hydrogens is 440 g/mol. The third kappa shape index (κ3) is 5.47.